The van der Waals surface area contributed by atoms with Crippen molar-refractivity contribution in [3.05, 3.63) is 87.5 Å². The number of pyridine rings is 1. The van der Waals surface area contributed by atoms with E-state index in [0.29, 0.717) is 50.4 Å². The van der Waals surface area contributed by atoms with E-state index < -0.39 is 46.3 Å². The number of anilines is 1. The number of nitrogens with one attached hydrogen (secondary N) is 3. The molecule has 7 rings (SSSR count). The standard InChI is InChI=1S/C34H34F3N5O4/c35-24-6-7-25(36)29(37)28(24)22-13-26-32(44)42(18-22)8-2-1-3-9-46-10-4-5-19-11-23-30(39-16-19)41-33(45)34(23)14-20-12-21(31(43)40-26)17-38-27(20)15-34/h4-7,11-12,16,22,26,38H,1-3,8-10,13-15,17-18H2,(H,40,43)(H,39,41,45)/b5-4+/t22-,26+,34+/m1/s1. The molecule has 3 amide bonds. The monoisotopic (exact) mass is 633 g/mol. The second kappa shape index (κ2) is 12.1. The van der Waals surface area contributed by atoms with E-state index in [-0.39, 0.29) is 31.3 Å². The van der Waals surface area contributed by atoms with E-state index in [9.17, 15) is 27.6 Å². The second-order valence-electron chi connectivity index (χ2n) is 12.6. The van der Waals surface area contributed by atoms with E-state index in [2.05, 4.69) is 20.9 Å². The van der Waals surface area contributed by atoms with Gasteiger partial charge >= 0.3 is 0 Å². The molecule has 240 valence electrons. The van der Waals surface area contributed by atoms with Gasteiger partial charge < -0.3 is 25.6 Å². The lowest BCUT2D eigenvalue weighted by Gasteiger charge is -2.38. The molecule has 7 bridgehead atoms. The van der Waals surface area contributed by atoms with Crippen molar-refractivity contribution >= 4 is 29.6 Å². The molecule has 2 aromatic rings. The van der Waals surface area contributed by atoms with Crippen molar-refractivity contribution < 1.29 is 32.3 Å². The van der Waals surface area contributed by atoms with Crippen LogP contribution < -0.4 is 16.0 Å². The zero-order valence-electron chi connectivity index (χ0n) is 25.1. The number of piperidine rings is 1. The van der Waals surface area contributed by atoms with Crippen LogP contribution in [0.25, 0.3) is 6.08 Å². The highest BCUT2D eigenvalue weighted by Crippen LogP contribution is 2.51. The normalized spacial score (nSPS) is 27.3. The number of ether oxygens (including phenoxy) is 1. The highest BCUT2D eigenvalue weighted by molar-refractivity contribution is 6.07. The second-order valence-corrected chi connectivity index (χ2v) is 12.6. The van der Waals surface area contributed by atoms with Gasteiger partial charge in [-0.25, -0.2) is 18.2 Å². The molecule has 3 atom stereocenters. The average molecular weight is 634 g/mol. The summed E-state index contributed by atoms with van der Waals surface area (Å²) in [5.74, 6) is -4.68. The van der Waals surface area contributed by atoms with Crippen LogP contribution in [-0.2, 0) is 24.5 Å². The first-order valence-corrected chi connectivity index (χ1v) is 15.7. The molecule has 5 heterocycles. The lowest BCUT2D eigenvalue weighted by atomic mass is 9.78. The van der Waals surface area contributed by atoms with Crippen LogP contribution in [-0.4, -0.2) is 66.5 Å². The molecule has 1 aliphatic carbocycles. The number of aromatic nitrogens is 1. The number of carbonyl (C=O) groups is 3. The van der Waals surface area contributed by atoms with Crippen LogP contribution in [0.1, 0.15) is 61.1 Å². The number of hydrogen-bond acceptors (Lipinski definition) is 6. The number of dihydropyridines is 1. The minimum absolute atomic E-state index is 0.00539. The number of halogens is 3. The largest absolute Gasteiger partial charge is 0.384 e. The number of hydrogen-bond donors (Lipinski definition) is 3. The first-order chi connectivity index (χ1) is 22.2. The summed E-state index contributed by atoms with van der Waals surface area (Å²) in [5, 5.41) is 9.02. The van der Waals surface area contributed by atoms with Crippen molar-refractivity contribution in [2.24, 2.45) is 0 Å². The Balaban J connectivity index is 1.19. The maximum atomic E-state index is 14.9. The van der Waals surface area contributed by atoms with Gasteiger partial charge in [0.2, 0.25) is 17.7 Å². The molecular weight excluding hydrogens is 599 g/mol. The molecule has 1 fully saturated rings. The van der Waals surface area contributed by atoms with Gasteiger partial charge in [-0.05, 0) is 67.5 Å². The molecular formula is C34H34F3N5O4. The number of benzene rings is 1. The SMILES string of the molecule is O=C1N[C@H]2C[C@@H](c3c(F)ccc(F)c3F)CN(CCCCCOC/C=C/c3cnc4c(c3)[C@@]3(CC5=C(C3)NCC1=C5)C(=O)N4)C2=O. The van der Waals surface area contributed by atoms with Gasteiger partial charge in [0.15, 0.2) is 11.6 Å². The minimum Gasteiger partial charge on any atom is -0.384 e. The molecule has 5 aliphatic rings. The van der Waals surface area contributed by atoms with Crippen molar-refractivity contribution in [3.63, 3.8) is 0 Å². The van der Waals surface area contributed by atoms with Crippen LogP contribution in [0.3, 0.4) is 0 Å². The fraction of sp³-hybridized carbons (Fsp3) is 0.412. The zero-order valence-corrected chi connectivity index (χ0v) is 25.1. The lowest BCUT2D eigenvalue weighted by molar-refractivity contribution is -0.139. The van der Waals surface area contributed by atoms with E-state index in [4.69, 9.17) is 4.74 Å². The molecule has 3 N–H and O–H groups in total. The van der Waals surface area contributed by atoms with Crippen molar-refractivity contribution in [1.29, 1.82) is 0 Å². The fourth-order valence-electron chi connectivity index (χ4n) is 7.32. The third-order valence-corrected chi connectivity index (χ3v) is 9.69. The molecule has 1 aromatic carbocycles. The van der Waals surface area contributed by atoms with Crippen molar-refractivity contribution in [2.75, 3.05) is 38.2 Å². The molecule has 0 radical (unpaired) electrons. The Morgan fingerprint density at radius 2 is 1.89 bits per heavy atom. The molecule has 1 spiro atoms. The Bertz CT molecular complexity index is 1720. The van der Waals surface area contributed by atoms with Gasteiger partial charge in [-0.3, -0.25) is 14.4 Å². The van der Waals surface area contributed by atoms with Crippen molar-refractivity contribution in [3.8, 4) is 0 Å². The van der Waals surface area contributed by atoms with Gasteiger partial charge in [-0.1, -0.05) is 12.2 Å². The van der Waals surface area contributed by atoms with Crippen LogP contribution in [0.4, 0.5) is 19.0 Å². The predicted molar refractivity (Wildman–Crippen MR) is 163 cm³/mol. The van der Waals surface area contributed by atoms with Crippen LogP contribution in [0.5, 0.6) is 0 Å². The number of fused-ring (bicyclic) bond motifs is 3. The Morgan fingerprint density at radius 3 is 2.76 bits per heavy atom. The summed E-state index contributed by atoms with van der Waals surface area (Å²) in [6, 6.07) is 2.53. The number of rotatable bonds is 1. The van der Waals surface area contributed by atoms with Gasteiger partial charge in [-0.2, -0.15) is 0 Å². The quantitative estimate of drug-likeness (QED) is 0.410. The molecule has 12 heteroatoms. The van der Waals surface area contributed by atoms with Crippen LogP contribution in [0, 0.1) is 17.5 Å². The summed E-state index contributed by atoms with van der Waals surface area (Å²) in [6.07, 6.45) is 10.1. The zero-order chi connectivity index (χ0) is 32.0. The van der Waals surface area contributed by atoms with E-state index in [1.165, 1.54) is 4.90 Å². The maximum absolute atomic E-state index is 14.9. The summed E-state index contributed by atoms with van der Waals surface area (Å²) in [7, 11) is 0. The summed E-state index contributed by atoms with van der Waals surface area (Å²) >= 11 is 0. The summed E-state index contributed by atoms with van der Waals surface area (Å²) in [5.41, 5.74) is 2.42. The Hall–Kier alpha value is -4.45. The van der Waals surface area contributed by atoms with E-state index in [1.807, 2.05) is 18.2 Å². The first kappa shape index (κ1) is 30.2. The van der Waals surface area contributed by atoms with Crippen molar-refractivity contribution in [2.45, 2.75) is 55.9 Å². The lowest BCUT2D eigenvalue weighted by Crippen LogP contribution is -2.55. The van der Waals surface area contributed by atoms with Gasteiger partial charge in [-0.15, -0.1) is 0 Å². The fourth-order valence-corrected chi connectivity index (χ4v) is 7.32. The molecule has 46 heavy (non-hydrogen) atoms. The van der Waals surface area contributed by atoms with E-state index in [0.717, 1.165) is 47.4 Å². The summed E-state index contributed by atoms with van der Waals surface area (Å²) < 4.78 is 49.7. The van der Waals surface area contributed by atoms with Crippen LogP contribution in [0.15, 0.2) is 53.4 Å². The summed E-state index contributed by atoms with van der Waals surface area (Å²) in [4.78, 5) is 46.6. The van der Waals surface area contributed by atoms with Gasteiger partial charge in [0.1, 0.15) is 17.7 Å². The van der Waals surface area contributed by atoms with Gasteiger partial charge in [0, 0.05) is 67.2 Å². The molecule has 9 nitrogen and oxygen atoms in total. The van der Waals surface area contributed by atoms with Gasteiger partial charge in [0.25, 0.3) is 0 Å². The molecule has 4 aliphatic heterocycles. The summed E-state index contributed by atoms with van der Waals surface area (Å²) in [6.45, 7) is 1.40. The average Bonchev–Trinajstić information content (AvgIpc) is 3.56. The number of nitrogens with zero attached hydrogens (tertiary/aromatic N) is 2. The highest BCUT2D eigenvalue weighted by atomic mass is 19.2. The first-order valence-electron chi connectivity index (χ1n) is 15.7. The topological polar surface area (TPSA) is 113 Å². The molecule has 1 saturated heterocycles. The van der Waals surface area contributed by atoms with Crippen molar-refractivity contribution in [1.82, 2.24) is 20.5 Å². The number of amides is 3. The Kier molecular flexibility index (Phi) is 7.92. The predicted octanol–water partition coefficient (Wildman–Crippen LogP) is 3.98. The number of carbonyl (C=O) groups excluding carboxylic acids is 3. The third kappa shape index (κ3) is 5.38. The minimum atomic E-state index is -1.28. The highest BCUT2D eigenvalue weighted by Gasteiger charge is 2.52. The molecule has 1 aromatic heterocycles. The smallest absolute Gasteiger partial charge is 0.249 e. The Labute approximate surface area is 264 Å². The van der Waals surface area contributed by atoms with E-state index >= 15 is 0 Å². The van der Waals surface area contributed by atoms with Crippen LogP contribution in [0.2, 0.25) is 0 Å². The van der Waals surface area contributed by atoms with Gasteiger partial charge in [0.05, 0.1) is 12.0 Å². The maximum Gasteiger partial charge on any atom is 0.249 e. The van der Waals surface area contributed by atoms with Crippen LogP contribution >= 0.6 is 0 Å². The molecule has 0 unspecified atom stereocenters. The van der Waals surface area contributed by atoms with E-state index in [1.54, 1.807) is 12.3 Å². The number of allylic oxidation sites excluding steroid dienone is 3. The Morgan fingerprint density at radius 1 is 1.04 bits per heavy atom. The molecule has 0 saturated carbocycles. The third-order valence-electron chi connectivity index (χ3n) is 9.69.